The molecule has 3 N–H and O–H groups in total. The largest absolute Gasteiger partial charge is 0.384 e. The van der Waals surface area contributed by atoms with E-state index in [1.54, 1.807) is 6.20 Å². The number of anilines is 1. The van der Waals surface area contributed by atoms with E-state index >= 15 is 0 Å². The summed E-state index contributed by atoms with van der Waals surface area (Å²) in [6.07, 6.45) is 5.71. The lowest BCUT2D eigenvalue weighted by Gasteiger charge is -2.18. The van der Waals surface area contributed by atoms with Crippen LogP contribution < -0.4 is 11.1 Å². The van der Waals surface area contributed by atoms with Crippen LogP contribution in [-0.4, -0.2) is 17.1 Å². The lowest BCUT2D eigenvalue weighted by Crippen LogP contribution is -2.32. The summed E-state index contributed by atoms with van der Waals surface area (Å²) < 4.78 is 0. The predicted octanol–water partition coefficient (Wildman–Crippen LogP) is 2.01. The van der Waals surface area contributed by atoms with E-state index in [0.29, 0.717) is 0 Å². The number of nitrogens with one attached hydrogen (secondary N) is 1. The fraction of sp³-hybridized carbons (Fsp3) is 0.545. The van der Waals surface area contributed by atoms with E-state index < -0.39 is 0 Å². The highest BCUT2D eigenvalue weighted by molar-refractivity contribution is 5.39. The quantitative estimate of drug-likeness (QED) is 0.703. The lowest BCUT2D eigenvalue weighted by molar-refractivity contribution is 0.465. The number of rotatable bonds is 5. The van der Waals surface area contributed by atoms with Gasteiger partial charge >= 0.3 is 0 Å². The minimum absolute atomic E-state index is 0.0589. The van der Waals surface area contributed by atoms with Gasteiger partial charge in [0.15, 0.2) is 0 Å². The molecule has 0 atom stereocenters. The first-order valence-electron chi connectivity index (χ1n) is 5.01. The summed E-state index contributed by atoms with van der Waals surface area (Å²) in [6.45, 7) is 5.06. The summed E-state index contributed by atoms with van der Waals surface area (Å²) in [7, 11) is 0. The van der Waals surface area contributed by atoms with Crippen LogP contribution in [0.5, 0.6) is 0 Å². The van der Waals surface area contributed by atoms with E-state index in [-0.39, 0.29) is 5.54 Å². The molecule has 3 nitrogen and oxygen atoms in total. The standard InChI is InChI=1S/C11H19N3/c1-11(2,12)6-4-8-14-10-5-3-7-13-9-10/h3,5,7,9,14H,4,6,8,12H2,1-2H3. The molecule has 0 saturated heterocycles. The third-order valence-corrected chi connectivity index (χ3v) is 1.99. The van der Waals surface area contributed by atoms with Crippen molar-refractivity contribution in [2.24, 2.45) is 5.73 Å². The maximum Gasteiger partial charge on any atom is 0.0526 e. The Labute approximate surface area is 85.7 Å². The van der Waals surface area contributed by atoms with Crippen molar-refractivity contribution in [2.75, 3.05) is 11.9 Å². The first kappa shape index (κ1) is 11.0. The third-order valence-electron chi connectivity index (χ3n) is 1.99. The second-order valence-corrected chi connectivity index (χ2v) is 4.26. The molecule has 0 amide bonds. The molecule has 0 fully saturated rings. The summed E-state index contributed by atoms with van der Waals surface area (Å²) in [5.41, 5.74) is 6.89. The molecule has 0 spiro atoms. The molecular formula is C11H19N3. The van der Waals surface area contributed by atoms with E-state index in [2.05, 4.69) is 24.1 Å². The van der Waals surface area contributed by atoms with Crippen molar-refractivity contribution in [3.05, 3.63) is 24.5 Å². The molecule has 0 bridgehead atoms. The number of aromatic nitrogens is 1. The van der Waals surface area contributed by atoms with Crippen LogP contribution in [0.25, 0.3) is 0 Å². The molecular weight excluding hydrogens is 174 g/mol. The normalized spacial score (nSPS) is 11.4. The molecule has 3 heteroatoms. The molecule has 0 aromatic carbocycles. The van der Waals surface area contributed by atoms with Crippen LogP contribution in [0.4, 0.5) is 5.69 Å². The first-order chi connectivity index (χ1) is 6.58. The van der Waals surface area contributed by atoms with Gasteiger partial charge in [0.1, 0.15) is 0 Å². The van der Waals surface area contributed by atoms with Crippen molar-refractivity contribution in [2.45, 2.75) is 32.2 Å². The highest BCUT2D eigenvalue weighted by atomic mass is 14.9. The summed E-state index contributed by atoms with van der Waals surface area (Å²) in [5, 5.41) is 3.30. The monoisotopic (exact) mass is 193 g/mol. The molecule has 14 heavy (non-hydrogen) atoms. The van der Waals surface area contributed by atoms with E-state index in [9.17, 15) is 0 Å². The molecule has 0 radical (unpaired) electrons. The number of hydrogen-bond donors (Lipinski definition) is 2. The number of hydrogen-bond acceptors (Lipinski definition) is 3. The molecule has 78 valence electrons. The van der Waals surface area contributed by atoms with Gasteiger partial charge in [-0.25, -0.2) is 0 Å². The predicted molar refractivity (Wildman–Crippen MR) is 60.2 cm³/mol. The Morgan fingerprint density at radius 3 is 2.86 bits per heavy atom. The van der Waals surface area contributed by atoms with Gasteiger partial charge in [-0.15, -0.1) is 0 Å². The van der Waals surface area contributed by atoms with Crippen LogP contribution in [0.3, 0.4) is 0 Å². The minimum Gasteiger partial charge on any atom is -0.384 e. The van der Waals surface area contributed by atoms with Gasteiger partial charge in [-0.3, -0.25) is 4.98 Å². The molecule has 1 heterocycles. The Morgan fingerprint density at radius 2 is 2.29 bits per heavy atom. The molecule has 0 unspecified atom stereocenters. The van der Waals surface area contributed by atoms with E-state index in [4.69, 9.17) is 5.73 Å². The van der Waals surface area contributed by atoms with Gasteiger partial charge in [0.25, 0.3) is 0 Å². The molecule has 0 aliphatic rings. The minimum atomic E-state index is -0.0589. The van der Waals surface area contributed by atoms with Crippen molar-refractivity contribution in [3.8, 4) is 0 Å². The fourth-order valence-electron chi connectivity index (χ4n) is 1.24. The highest BCUT2D eigenvalue weighted by Gasteiger charge is 2.08. The highest BCUT2D eigenvalue weighted by Crippen LogP contribution is 2.08. The Kier molecular flexibility index (Phi) is 3.89. The topological polar surface area (TPSA) is 50.9 Å². The molecule has 1 aromatic heterocycles. The van der Waals surface area contributed by atoms with Crippen LogP contribution in [0.15, 0.2) is 24.5 Å². The summed E-state index contributed by atoms with van der Waals surface area (Å²) in [4.78, 5) is 4.02. The van der Waals surface area contributed by atoms with Gasteiger partial charge in [0.05, 0.1) is 5.69 Å². The zero-order valence-corrected chi connectivity index (χ0v) is 8.96. The van der Waals surface area contributed by atoms with Crippen molar-refractivity contribution in [1.29, 1.82) is 0 Å². The smallest absolute Gasteiger partial charge is 0.0526 e. The molecule has 1 rings (SSSR count). The second-order valence-electron chi connectivity index (χ2n) is 4.26. The second kappa shape index (κ2) is 4.96. The summed E-state index contributed by atoms with van der Waals surface area (Å²) in [5.74, 6) is 0. The van der Waals surface area contributed by atoms with Crippen LogP contribution in [0.2, 0.25) is 0 Å². The Morgan fingerprint density at radius 1 is 1.50 bits per heavy atom. The van der Waals surface area contributed by atoms with Gasteiger partial charge in [-0.2, -0.15) is 0 Å². The average Bonchev–Trinajstić information content (AvgIpc) is 2.13. The zero-order chi connectivity index (χ0) is 10.4. The lowest BCUT2D eigenvalue weighted by atomic mass is 10.0. The Balaban J connectivity index is 2.17. The van der Waals surface area contributed by atoms with Crippen LogP contribution in [0.1, 0.15) is 26.7 Å². The SMILES string of the molecule is CC(C)(N)CCCNc1cccnc1. The van der Waals surface area contributed by atoms with E-state index in [1.165, 1.54) is 0 Å². The van der Waals surface area contributed by atoms with Crippen molar-refractivity contribution in [1.82, 2.24) is 4.98 Å². The molecule has 0 aliphatic carbocycles. The maximum absolute atomic E-state index is 5.87. The number of nitrogens with two attached hydrogens (primary N) is 1. The maximum atomic E-state index is 5.87. The van der Waals surface area contributed by atoms with Crippen LogP contribution >= 0.6 is 0 Å². The first-order valence-corrected chi connectivity index (χ1v) is 5.01. The molecule has 0 saturated carbocycles. The van der Waals surface area contributed by atoms with Gasteiger partial charge < -0.3 is 11.1 Å². The van der Waals surface area contributed by atoms with Crippen molar-refractivity contribution in [3.63, 3.8) is 0 Å². The Hall–Kier alpha value is -1.09. The van der Waals surface area contributed by atoms with Gasteiger partial charge in [-0.05, 0) is 38.8 Å². The third kappa shape index (κ3) is 4.82. The summed E-state index contributed by atoms with van der Waals surface area (Å²) in [6, 6.07) is 3.94. The Bertz CT molecular complexity index is 251. The summed E-state index contributed by atoms with van der Waals surface area (Å²) >= 11 is 0. The molecule has 0 aliphatic heterocycles. The van der Waals surface area contributed by atoms with Gasteiger partial charge in [0.2, 0.25) is 0 Å². The van der Waals surface area contributed by atoms with Crippen LogP contribution in [-0.2, 0) is 0 Å². The van der Waals surface area contributed by atoms with Crippen molar-refractivity contribution < 1.29 is 0 Å². The zero-order valence-electron chi connectivity index (χ0n) is 8.96. The van der Waals surface area contributed by atoms with E-state index in [0.717, 1.165) is 25.1 Å². The van der Waals surface area contributed by atoms with Gasteiger partial charge in [-0.1, -0.05) is 0 Å². The van der Waals surface area contributed by atoms with Gasteiger partial charge in [0, 0.05) is 24.5 Å². The van der Waals surface area contributed by atoms with E-state index in [1.807, 2.05) is 18.3 Å². The van der Waals surface area contributed by atoms with Crippen LogP contribution in [0, 0.1) is 0 Å². The fourth-order valence-corrected chi connectivity index (χ4v) is 1.24. The van der Waals surface area contributed by atoms with Crippen molar-refractivity contribution >= 4 is 5.69 Å². The molecule has 1 aromatic rings. The number of pyridine rings is 1. The average molecular weight is 193 g/mol. The number of nitrogens with zero attached hydrogens (tertiary/aromatic N) is 1.